The zero-order valence-corrected chi connectivity index (χ0v) is 18.0. The zero-order chi connectivity index (χ0) is 21.1. The van der Waals surface area contributed by atoms with Crippen molar-refractivity contribution in [3.63, 3.8) is 0 Å². The summed E-state index contributed by atoms with van der Waals surface area (Å²) in [5.74, 6) is 0. The lowest BCUT2D eigenvalue weighted by molar-refractivity contribution is 0.0470. The molecule has 2 aliphatic rings. The molecule has 1 saturated heterocycles. The number of para-hydroxylation sites is 1. The van der Waals surface area contributed by atoms with Gasteiger partial charge in [0.1, 0.15) is 5.60 Å². The maximum Gasteiger partial charge on any atom is 0.408 e. The van der Waals surface area contributed by atoms with Crippen LogP contribution in [0, 0.1) is 0 Å². The number of nitrogens with zero attached hydrogens (tertiary/aromatic N) is 2. The van der Waals surface area contributed by atoms with Crippen LogP contribution in [0.4, 0.5) is 10.5 Å². The van der Waals surface area contributed by atoms with E-state index >= 15 is 0 Å². The number of hydrogen-bond acceptors (Lipinski definition) is 4. The SMILES string of the molecule is CC(C)(C)OC(=O)N[C@H]1c2ccccc2C=C[C@@H]1N1CCN(c2ccccc2)CC1. The van der Waals surface area contributed by atoms with E-state index in [4.69, 9.17) is 4.74 Å². The molecule has 0 spiro atoms. The molecule has 0 saturated carbocycles. The Morgan fingerprint density at radius 2 is 1.63 bits per heavy atom. The summed E-state index contributed by atoms with van der Waals surface area (Å²) in [6, 6.07) is 18.8. The van der Waals surface area contributed by atoms with Crippen LogP contribution in [0.25, 0.3) is 6.08 Å². The molecule has 0 radical (unpaired) electrons. The van der Waals surface area contributed by atoms with Gasteiger partial charge in [0.25, 0.3) is 0 Å². The van der Waals surface area contributed by atoms with Gasteiger partial charge in [-0.25, -0.2) is 4.79 Å². The maximum absolute atomic E-state index is 12.6. The van der Waals surface area contributed by atoms with Crippen molar-refractivity contribution in [1.29, 1.82) is 0 Å². The van der Waals surface area contributed by atoms with Crippen molar-refractivity contribution in [2.45, 2.75) is 38.5 Å². The molecule has 158 valence electrons. The molecule has 1 amide bonds. The Morgan fingerprint density at radius 3 is 2.33 bits per heavy atom. The predicted molar refractivity (Wildman–Crippen MR) is 122 cm³/mol. The van der Waals surface area contributed by atoms with Crippen molar-refractivity contribution >= 4 is 17.9 Å². The smallest absolute Gasteiger partial charge is 0.408 e. The van der Waals surface area contributed by atoms with E-state index in [1.807, 2.05) is 32.9 Å². The van der Waals surface area contributed by atoms with Gasteiger partial charge in [-0.15, -0.1) is 0 Å². The number of fused-ring (bicyclic) bond motifs is 1. The number of carbonyl (C=O) groups is 1. The van der Waals surface area contributed by atoms with Crippen LogP contribution in [0.3, 0.4) is 0 Å². The third-order valence-electron chi connectivity index (χ3n) is 5.68. The van der Waals surface area contributed by atoms with Crippen LogP contribution in [0.2, 0.25) is 0 Å². The van der Waals surface area contributed by atoms with E-state index in [9.17, 15) is 4.79 Å². The molecule has 2 atom stereocenters. The van der Waals surface area contributed by atoms with E-state index < -0.39 is 5.60 Å². The van der Waals surface area contributed by atoms with E-state index in [0.717, 1.165) is 37.3 Å². The Labute approximate surface area is 179 Å². The molecular formula is C25H31N3O2. The van der Waals surface area contributed by atoms with Gasteiger partial charge < -0.3 is 15.0 Å². The van der Waals surface area contributed by atoms with Crippen LogP contribution < -0.4 is 10.2 Å². The molecule has 1 fully saturated rings. The van der Waals surface area contributed by atoms with Gasteiger partial charge in [-0.1, -0.05) is 54.6 Å². The number of benzene rings is 2. The van der Waals surface area contributed by atoms with Crippen LogP contribution in [0.15, 0.2) is 60.7 Å². The fraction of sp³-hybridized carbons (Fsp3) is 0.400. The molecule has 2 aromatic carbocycles. The van der Waals surface area contributed by atoms with Crippen LogP contribution in [0.5, 0.6) is 0 Å². The van der Waals surface area contributed by atoms with Gasteiger partial charge in [0.05, 0.1) is 12.1 Å². The van der Waals surface area contributed by atoms with E-state index in [1.165, 1.54) is 5.69 Å². The molecule has 30 heavy (non-hydrogen) atoms. The first kappa shape index (κ1) is 20.5. The highest BCUT2D eigenvalue weighted by Gasteiger charge is 2.34. The van der Waals surface area contributed by atoms with Crippen molar-refractivity contribution in [1.82, 2.24) is 10.2 Å². The second kappa shape index (κ2) is 8.52. The zero-order valence-electron chi connectivity index (χ0n) is 18.0. The summed E-state index contributed by atoms with van der Waals surface area (Å²) in [6.45, 7) is 9.49. The molecule has 0 unspecified atom stereocenters. The average Bonchev–Trinajstić information content (AvgIpc) is 2.73. The van der Waals surface area contributed by atoms with Gasteiger partial charge >= 0.3 is 6.09 Å². The third-order valence-corrected chi connectivity index (χ3v) is 5.68. The first-order valence-electron chi connectivity index (χ1n) is 10.7. The van der Waals surface area contributed by atoms with Gasteiger partial charge in [-0.05, 0) is 44.0 Å². The van der Waals surface area contributed by atoms with Crippen molar-refractivity contribution in [3.8, 4) is 0 Å². The predicted octanol–water partition coefficient (Wildman–Crippen LogP) is 4.47. The second-order valence-electron chi connectivity index (χ2n) is 8.96. The average molecular weight is 406 g/mol. The summed E-state index contributed by atoms with van der Waals surface area (Å²) in [4.78, 5) is 17.5. The molecular weight excluding hydrogens is 374 g/mol. The third kappa shape index (κ3) is 4.68. The molecule has 1 aliphatic heterocycles. The summed E-state index contributed by atoms with van der Waals surface area (Å²) < 4.78 is 5.57. The molecule has 2 aromatic rings. The Bertz CT molecular complexity index is 896. The van der Waals surface area contributed by atoms with Crippen molar-refractivity contribution in [3.05, 3.63) is 71.8 Å². The lowest BCUT2D eigenvalue weighted by atomic mass is 9.88. The van der Waals surface area contributed by atoms with E-state index in [-0.39, 0.29) is 18.2 Å². The fourth-order valence-electron chi connectivity index (χ4n) is 4.29. The number of ether oxygens (including phenoxy) is 1. The highest BCUT2D eigenvalue weighted by Crippen LogP contribution is 2.32. The fourth-order valence-corrected chi connectivity index (χ4v) is 4.29. The molecule has 4 rings (SSSR count). The summed E-state index contributed by atoms with van der Waals surface area (Å²) in [6.07, 6.45) is 4.03. The molecule has 1 aliphatic carbocycles. The number of piperazine rings is 1. The van der Waals surface area contributed by atoms with Crippen molar-refractivity contribution < 1.29 is 9.53 Å². The maximum atomic E-state index is 12.6. The summed E-state index contributed by atoms with van der Waals surface area (Å²) in [7, 11) is 0. The number of carbonyl (C=O) groups excluding carboxylic acids is 1. The molecule has 5 nitrogen and oxygen atoms in total. The van der Waals surface area contributed by atoms with Crippen LogP contribution in [0.1, 0.15) is 37.9 Å². The number of amides is 1. The van der Waals surface area contributed by atoms with Crippen LogP contribution >= 0.6 is 0 Å². The number of anilines is 1. The largest absolute Gasteiger partial charge is 0.444 e. The van der Waals surface area contributed by atoms with Crippen LogP contribution in [-0.4, -0.2) is 48.8 Å². The monoisotopic (exact) mass is 405 g/mol. The summed E-state index contributed by atoms with van der Waals surface area (Å²) in [5.41, 5.74) is 3.04. The minimum atomic E-state index is -0.523. The quantitative estimate of drug-likeness (QED) is 0.818. The number of hydrogen-bond donors (Lipinski definition) is 1. The molecule has 0 bridgehead atoms. The molecule has 1 heterocycles. The van der Waals surface area contributed by atoms with Gasteiger partial charge in [-0.2, -0.15) is 0 Å². The number of nitrogens with one attached hydrogen (secondary N) is 1. The Balaban J connectivity index is 1.50. The number of alkyl carbamates (subject to hydrolysis) is 1. The van der Waals surface area contributed by atoms with Crippen molar-refractivity contribution in [2.24, 2.45) is 0 Å². The topological polar surface area (TPSA) is 44.8 Å². The molecule has 0 aromatic heterocycles. The number of rotatable bonds is 3. The molecule has 5 heteroatoms. The summed E-state index contributed by atoms with van der Waals surface area (Å²) in [5, 5.41) is 3.15. The Hall–Kier alpha value is -2.79. The summed E-state index contributed by atoms with van der Waals surface area (Å²) >= 11 is 0. The van der Waals surface area contributed by atoms with E-state index in [0.29, 0.717) is 0 Å². The minimum Gasteiger partial charge on any atom is -0.444 e. The van der Waals surface area contributed by atoms with Gasteiger partial charge in [0.2, 0.25) is 0 Å². The first-order valence-corrected chi connectivity index (χ1v) is 10.7. The van der Waals surface area contributed by atoms with E-state index in [1.54, 1.807) is 0 Å². The normalized spacial score (nSPS) is 21.8. The highest BCUT2D eigenvalue weighted by molar-refractivity contribution is 5.70. The Kier molecular flexibility index (Phi) is 5.82. The van der Waals surface area contributed by atoms with Gasteiger partial charge in [0.15, 0.2) is 0 Å². The standard InChI is InChI=1S/C25H31N3O2/c1-25(2,3)30-24(29)26-23-21-12-8-7-9-19(21)13-14-22(23)28-17-15-27(16-18-28)20-10-5-4-6-11-20/h4-14,22-23H,15-18H2,1-3H3,(H,26,29)/t22-,23-/m0/s1. The second-order valence-corrected chi connectivity index (χ2v) is 8.96. The minimum absolute atomic E-state index is 0.102. The lowest BCUT2D eigenvalue weighted by Gasteiger charge is -2.43. The first-order chi connectivity index (χ1) is 14.4. The van der Waals surface area contributed by atoms with Crippen LogP contribution in [-0.2, 0) is 4.74 Å². The van der Waals surface area contributed by atoms with E-state index in [2.05, 4.69) is 69.7 Å². The lowest BCUT2D eigenvalue weighted by Crippen LogP contribution is -2.54. The van der Waals surface area contributed by atoms with Gasteiger partial charge in [0, 0.05) is 31.9 Å². The highest BCUT2D eigenvalue weighted by atomic mass is 16.6. The Morgan fingerprint density at radius 1 is 0.967 bits per heavy atom. The van der Waals surface area contributed by atoms with Gasteiger partial charge in [-0.3, -0.25) is 4.90 Å². The molecule has 1 N–H and O–H groups in total. The van der Waals surface area contributed by atoms with Crippen molar-refractivity contribution in [2.75, 3.05) is 31.1 Å².